The van der Waals surface area contributed by atoms with Crippen molar-refractivity contribution in [2.24, 2.45) is 0 Å². The summed E-state index contributed by atoms with van der Waals surface area (Å²) in [6.07, 6.45) is 0.662. The van der Waals surface area contributed by atoms with Gasteiger partial charge in [-0.1, -0.05) is 42.5 Å². The predicted octanol–water partition coefficient (Wildman–Crippen LogP) is 3.12. The quantitative estimate of drug-likeness (QED) is 0.537. The Morgan fingerprint density at radius 3 is 2.55 bits per heavy atom. The largest absolute Gasteiger partial charge is 0.409 e. The molecule has 0 spiro atoms. The maximum absolute atomic E-state index is 12.7. The lowest BCUT2D eigenvalue weighted by Gasteiger charge is -2.14. The molecule has 4 nitrogen and oxygen atoms in total. The third kappa shape index (κ3) is 2.83. The van der Waals surface area contributed by atoms with Gasteiger partial charge in [0.2, 0.25) is 0 Å². The standard InChI is InChI=1S/C17H15ClN2O2/c18-11-6-12-22-20-16(13-7-2-1-3-8-13)19-15-10-5-4-9-14(15)17(20)21/h1-5,7-10H,6,11-12H2. The highest BCUT2D eigenvalue weighted by atomic mass is 35.5. The Hall–Kier alpha value is -2.33. The third-order valence-corrected chi connectivity index (χ3v) is 3.54. The van der Waals surface area contributed by atoms with Gasteiger partial charge in [-0.2, -0.15) is 0 Å². The predicted molar refractivity (Wildman–Crippen MR) is 88.2 cm³/mol. The van der Waals surface area contributed by atoms with Gasteiger partial charge in [0.1, 0.15) is 6.61 Å². The van der Waals surface area contributed by atoms with E-state index in [0.29, 0.717) is 35.6 Å². The minimum atomic E-state index is -0.209. The first-order valence-electron chi connectivity index (χ1n) is 7.08. The van der Waals surface area contributed by atoms with E-state index in [4.69, 9.17) is 16.4 Å². The van der Waals surface area contributed by atoms with Gasteiger partial charge in [-0.15, -0.1) is 16.3 Å². The highest BCUT2D eigenvalue weighted by Crippen LogP contribution is 2.17. The van der Waals surface area contributed by atoms with Gasteiger partial charge in [-0.3, -0.25) is 4.79 Å². The van der Waals surface area contributed by atoms with Gasteiger partial charge < -0.3 is 4.84 Å². The number of rotatable bonds is 5. The van der Waals surface area contributed by atoms with Crippen LogP contribution in [0.4, 0.5) is 0 Å². The monoisotopic (exact) mass is 314 g/mol. The molecule has 0 unspecified atom stereocenters. The fourth-order valence-corrected chi connectivity index (χ4v) is 2.33. The van der Waals surface area contributed by atoms with E-state index < -0.39 is 0 Å². The summed E-state index contributed by atoms with van der Waals surface area (Å²) in [5, 5.41) is 0.535. The summed E-state index contributed by atoms with van der Waals surface area (Å²) in [4.78, 5) is 22.9. The first kappa shape index (κ1) is 14.6. The van der Waals surface area contributed by atoms with Crippen molar-refractivity contribution in [1.82, 2.24) is 9.71 Å². The lowest BCUT2D eigenvalue weighted by molar-refractivity contribution is 0.106. The minimum absolute atomic E-state index is 0.209. The fraction of sp³-hybridized carbons (Fsp3) is 0.176. The maximum atomic E-state index is 12.7. The summed E-state index contributed by atoms with van der Waals surface area (Å²) in [6.45, 7) is 0.364. The summed E-state index contributed by atoms with van der Waals surface area (Å²) in [7, 11) is 0. The number of hydrogen-bond acceptors (Lipinski definition) is 3. The second kappa shape index (κ2) is 6.62. The number of hydrogen-bond donors (Lipinski definition) is 0. The van der Waals surface area contributed by atoms with E-state index in [1.165, 1.54) is 4.73 Å². The summed E-state index contributed by atoms with van der Waals surface area (Å²) >= 11 is 5.68. The smallest absolute Gasteiger partial charge is 0.294 e. The van der Waals surface area contributed by atoms with Crippen LogP contribution in [0.15, 0.2) is 59.4 Å². The van der Waals surface area contributed by atoms with Gasteiger partial charge in [0.05, 0.1) is 10.9 Å². The number of fused-ring (bicyclic) bond motifs is 1. The Kier molecular flexibility index (Phi) is 4.39. The molecule has 0 saturated heterocycles. The number of aromatic nitrogens is 2. The van der Waals surface area contributed by atoms with Crippen molar-refractivity contribution in [3.05, 3.63) is 65.0 Å². The molecule has 1 heterocycles. The van der Waals surface area contributed by atoms with Crippen LogP contribution in [0.25, 0.3) is 22.3 Å². The molecule has 0 aliphatic carbocycles. The SMILES string of the molecule is O=c1c2ccccc2nc(-c2ccccc2)n1OCCCCl. The Morgan fingerprint density at radius 1 is 1.05 bits per heavy atom. The molecular formula is C17H15ClN2O2. The molecule has 0 fully saturated rings. The van der Waals surface area contributed by atoms with Gasteiger partial charge in [0.15, 0.2) is 5.82 Å². The highest BCUT2D eigenvalue weighted by Gasteiger charge is 2.13. The summed E-state index contributed by atoms with van der Waals surface area (Å²) < 4.78 is 1.27. The number of halogens is 1. The van der Waals surface area contributed by atoms with Gasteiger partial charge >= 0.3 is 0 Å². The summed E-state index contributed by atoms with van der Waals surface area (Å²) in [5.41, 5.74) is 1.28. The van der Waals surface area contributed by atoms with Crippen LogP contribution in [0.3, 0.4) is 0 Å². The molecule has 1 aromatic heterocycles. The topological polar surface area (TPSA) is 44.1 Å². The number of alkyl halides is 1. The molecular weight excluding hydrogens is 300 g/mol. The normalized spacial score (nSPS) is 10.8. The molecule has 2 aromatic carbocycles. The summed E-state index contributed by atoms with van der Waals surface area (Å²) in [5.74, 6) is 0.982. The van der Waals surface area contributed by atoms with E-state index in [-0.39, 0.29) is 5.56 Å². The second-order valence-electron chi connectivity index (χ2n) is 4.79. The lowest BCUT2D eigenvalue weighted by Crippen LogP contribution is -2.30. The fourth-order valence-electron chi connectivity index (χ4n) is 2.22. The van der Waals surface area contributed by atoms with Crippen LogP contribution in [0.2, 0.25) is 0 Å². The molecule has 0 saturated carbocycles. The van der Waals surface area contributed by atoms with Crippen LogP contribution in [0, 0.1) is 0 Å². The molecule has 0 amide bonds. The van der Waals surface area contributed by atoms with E-state index in [1.807, 2.05) is 48.5 Å². The van der Waals surface area contributed by atoms with Crippen molar-refractivity contribution in [3.8, 4) is 11.4 Å². The van der Waals surface area contributed by atoms with E-state index in [0.717, 1.165) is 5.56 Å². The zero-order valence-electron chi connectivity index (χ0n) is 11.9. The van der Waals surface area contributed by atoms with Crippen molar-refractivity contribution in [3.63, 3.8) is 0 Å². The molecule has 0 aliphatic heterocycles. The first-order valence-corrected chi connectivity index (χ1v) is 7.61. The van der Waals surface area contributed by atoms with Crippen molar-refractivity contribution >= 4 is 22.5 Å². The molecule has 0 N–H and O–H groups in total. The van der Waals surface area contributed by atoms with Crippen molar-refractivity contribution in [2.45, 2.75) is 6.42 Å². The van der Waals surface area contributed by atoms with E-state index >= 15 is 0 Å². The Bertz CT molecular complexity index is 831. The van der Waals surface area contributed by atoms with Crippen LogP contribution in [-0.2, 0) is 0 Å². The van der Waals surface area contributed by atoms with Gasteiger partial charge in [-0.05, 0) is 18.6 Å². The number of benzene rings is 2. The van der Waals surface area contributed by atoms with Crippen LogP contribution in [-0.4, -0.2) is 22.2 Å². The lowest BCUT2D eigenvalue weighted by atomic mass is 10.2. The van der Waals surface area contributed by atoms with Crippen molar-refractivity contribution < 1.29 is 4.84 Å². The molecule has 0 aliphatic rings. The van der Waals surface area contributed by atoms with Crippen molar-refractivity contribution in [1.29, 1.82) is 0 Å². The van der Waals surface area contributed by atoms with Crippen LogP contribution in [0.5, 0.6) is 0 Å². The third-order valence-electron chi connectivity index (χ3n) is 3.27. The van der Waals surface area contributed by atoms with E-state index in [9.17, 15) is 4.79 Å². The Morgan fingerprint density at radius 2 is 1.77 bits per heavy atom. The first-order chi connectivity index (χ1) is 10.8. The van der Waals surface area contributed by atoms with Gasteiger partial charge in [0, 0.05) is 11.4 Å². The molecule has 112 valence electrons. The van der Waals surface area contributed by atoms with Crippen molar-refractivity contribution in [2.75, 3.05) is 12.5 Å². The molecule has 3 aromatic rings. The molecule has 5 heteroatoms. The maximum Gasteiger partial charge on any atom is 0.294 e. The molecule has 22 heavy (non-hydrogen) atoms. The van der Waals surface area contributed by atoms with E-state index in [1.54, 1.807) is 6.07 Å². The average Bonchev–Trinajstić information content (AvgIpc) is 2.57. The Balaban J connectivity index is 2.19. The highest BCUT2D eigenvalue weighted by molar-refractivity contribution is 6.17. The van der Waals surface area contributed by atoms with Crippen LogP contribution >= 0.6 is 11.6 Å². The second-order valence-corrected chi connectivity index (χ2v) is 5.17. The number of nitrogens with zero attached hydrogens (tertiary/aromatic N) is 2. The average molecular weight is 315 g/mol. The number of para-hydroxylation sites is 1. The minimum Gasteiger partial charge on any atom is -0.409 e. The molecule has 3 rings (SSSR count). The molecule has 0 radical (unpaired) electrons. The van der Waals surface area contributed by atoms with Gasteiger partial charge in [-0.25, -0.2) is 4.98 Å². The Labute approximate surface area is 132 Å². The molecule has 0 bridgehead atoms. The van der Waals surface area contributed by atoms with Gasteiger partial charge in [0.25, 0.3) is 5.56 Å². The van der Waals surface area contributed by atoms with Crippen LogP contribution in [0.1, 0.15) is 6.42 Å². The molecule has 0 atom stereocenters. The zero-order valence-corrected chi connectivity index (χ0v) is 12.7. The van der Waals surface area contributed by atoms with E-state index in [2.05, 4.69) is 4.98 Å². The zero-order chi connectivity index (χ0) is 15.4. The summed E-state index contributed by atoms with van der Waals surface area (Å²) in [6, 6.07) is 16.8. The van der Waals surface area contributed by atoms with Crippen LogP contribution < -0.4 is 10.4 Å².